The van der Waals surface area contributed by atoms with Gasteiger partial charge in [0.1, 0.15) is 0 Å². The van der Waals surface area contributed by atoms with Gasteiger partial charge in [-0.05, 0) is 63.6 Å². The monoisotopic (exact) mass is 853 g/mol. The first-order chi connectivity index (χ1) is 24.3. The van der Waals surface area contributed by atoms with Crippen LogP contribution in [0.2, 0.25) is 19.6 Å². The van der Waals surface area contributed by atoms with Crippen LogP contribution in [0, 0.1) is 12.1 Å². The van der Waals surface area contributed by atoms with Crippen molar-refractivity contribution in [3.63, 3.8) is 0 Å². The number of imidazole rings is 1. The Kier molecular flexibility index (Phi) is 8.79. The van der Waals surface area contributed by atoms with Gasteiger partial charge in [0.15, 0.2) is 0 Å². The average molecular weight is 853 g/mol. The quantitative estimate of drug-likeness (QED) is 0.130. The zero-order valence-corrected chi connectivity index (χ0v) is 32.7. The van der Waals surface area contributed by atoms with Crippen molar-refractivity contribution in [3.8, 4) is 28.3 Å². The van der Waals surface area contributed by atoms with Crippen LogP contribution in [0.3, 0.4) is 0 Å². The van der Waals surface area contributed by atoms with Gasteiger partial charge in [0, 0.05) is 39.4 Å². The Morgan fingerprint density at radius 3 is 2.24 bits per heavy atom. The van der Waals surface area contributed by atoms with Gasteiger partial charge in [-0.1, -0.05) is 100 Å². The maximum absolute atomic E-state index is 7.64. The van der Waals surface area contributed by atoms with Crippen LogP contribution in [0.4, 0.5) is 0 Å². The maximum atomic E-state index is 7.64. The molecule has 0 bridgehead atoms. The average Bonchev–Trinajstić information content (AvgIpc) is 3.68. The van der Waals surface area contributed by atoms with Gasteiger partial charge >= 0.3 is 0 Å². The minimum absolute atomic E-state index is 0. The van der Waals surface area contributed by atoms with Gasteiger partial charge in [-0.15, -0.1) is 59.6 Å². The molecule has 0 saturated heterocycles. The molecular formula is C43H39IrN3SSi-2. The van der Waals surface area contributed by atoms with Gasteiger partial charge in [-0.25, -0.2) is 0 Å². The number of nitrogens with zero attached hydrogens (tertiary/aromatic N) is 3. The van der Waals surface area contributed by atoms with Crippen LogP contribution >= 0.6 is 11.3 Å². The molecule has 0 fully saturated rings. The molecule has 0 N–H and O–H groups in total. The minimum Gasteiger partial charge on any atom is -0.333 e. The molecule has 5 aromatic carbocycles. The van der Waals surface area contributed by atoms with Gasteiger partial charge in [-0.3, -0.25) is 4.98 Å². The fraction of sp³-hybridized carbons (Fsp3) is 0.163. The number of hydrogen-bond acceptors (Lipinski definition) is 3. The van der Waals surface area contributed by atoms with Crippen LogP contribution < -0.4 is 5.19 Å². The van der Waals surface area contributed by atoms with Crippen molar-refractivity contribution in [2.75, 3.05) is 0 Å². The topological polar surface area (TPSA) is 30.7 Å². The van der Waals surface area contributed by atoms with Gasteiger partial charge in [0.05, 0.1) is 24.9 Å². The molecule has 0 atom stereocenters. The summed E-state index contributed by atoms with van der Waals surface area (Å²) >= 11 is 1.83. The first-order valence-electron chi connectivity index (χ1n) is 17.7. The van der Waals surface area contributed by atoms with Crippen LogP contribution in [-0.4, -0.2) is 22.6 Å². The van der Waals surface area contributed by atoms with Crippen molar-refractivity contribution in [1.29, 1.82) is 0 Å². The largest absolute Gasteiger partial charge is 0.333 e. The first kappa shape index (κ1) is 30.8. The Labute approximate surface area is 312 Å². The van der Waals surface area contributed by atoms with E-state index in [1.807, 2.05) is 29.7 Å². The second-order valence-electron chi connectivity index (χ2n) is 14.0. The maximum Gasteiger partial charge on any atom is 0.0795 e. The Bertz CT molecular complexity index is 2510. The predicted octanol–water partition coefficient (Wildman–Crippen LogP) is 11.2. The van der Waals surface area contributed by atoms with E-state index >= 15 is 0 Å². The summed E-state index contributed by atoms with van der Waals surface area (Å²) in [5.74, 6) is 0.925. The molecule has 3 nitrogen and oxygen atoms in total. The van der Waals surface area contributed by atoms with Crippen molar-refractivity contribution in [3.05, 3.63) is 145 Å². The Morgan fingerprint density at radius 2 is 1.53 bits per heavy atom. The molecule has 3 aromatic heterocycles. The van der Waals surface area contributed by atoms with Crippen molar-refractivity contribution >= 4 is 55.8 Å². The van der Waals surface area contributed by atoms with Crippen molar-refractivity contribution < 1.29 is 24.2 Å². The third-order valence-corrected chi connectivity index (χ3v) is 11.7. The third-order valence-electron chi connectivity index (χ3n) is 8.56. The van der Waals surface area contributed by atoms with E-state index in [1.54, 1.807) is 0 Å². The van der Waals surface area contributed by atoms with Gasteiger partial charge in [0.25, 0.3) is 0 Å². The van der Waals surface area contributed by atoms with E-state index in [0.29, 0.717) is 11.3 Å². The summed E-state index contributed by atoms with van der Waals surface area (Å²) in [6.45, 7) is 13.5. The van der Waals surface area contributed by atoms with Crippen molar-refractivity contribution in [1.82, 2.24) is 14.5 Å². The SMILES string of the molecule is CC(C)(C)c1ccc(-n2c(-c3[c-]cc4c(c3)sc3ccccc34)nc3ccccc32)cc1.[2H]c1[c-]c(-c2ccc([Si](C)(C)C)cn2)cc([2H])c1[2H].[Ir]. The summed E-state index contributed by atoms with van der Waals surface area (Å²) in [5, 5.41) is 3.82. The van der Waals surface area contributed by atoms with Crippen LogP contribution in [0.25, 0.3) is 59.5 Å². The Morgan fingerprint density at radius 1 is 0.776 bits per heavy atom. The van der Waals surface area contributed by atoms with E-state index in [0.717, 1.165) is 28.1 Å². The van der Waals surface area contributed by atoms with E-state index in [1.165, 1.54) is 37.0 Å². The fourth-order valence-electron chi connectivity index (χ4n) is 5.78. The Balaban J connectivity index is 0.000000200. The van der Waals surface area contributed by atoms with Crippen molar-refractivity contribution in [2.24, 2.45) is 0 Å². The molecule has 8 aromatic rings. The van der Waals surface area contributed by atoms with Crippen LogP contribution in [-0.2, 0) is 25.5 Å². The molecule has 3 heterocycles. The number of benzene rings is 5. The molecule has 0 aliphatic heterocycles. The summed E-state index contributed by atoms with van der Waals surface area (Å²) in [5.41, 5.74) is 6.98. The molecular weight excluding hydrogens is 811 g/mol. The smallest absolute Gasteiger partial charge is 0.0795 e. The second-order valence-corrected chi connectivity index (χ2v) is 20.2. The normalized spacial score (nSPS) is 12.6. The van der Waals surface area contributed by atoms with E-state index < -0.39 is 8.07 Å². The summed E-state index contributed by atoms with van der Waals surface area (Å²) in [6, 6.07) is 41.9. The molecule has 247 valence electrons. The molecule has 1 radical (unpaired) electrons. The zero-order chi connectivity index (χ0) is 36.1. The van der Waals surface area contributed by atoms with E-state index in [9.17, 15) is 0 Å². The number of pyridine rings is 1. The molecule has 0 spiro atoms. The molecule has 0 saturated carbocycles. The van der Waals surface area contributed by atoms with Gasteiger partial charge in [-0.2, -0.15) is 11.3 Å². The number of rotatable bonds is 4. The van der Waals surface area contributed by atoms with Crippen LogP contribution in [0.5, 0.6) is 0 Å². The summed E-state index contributed by atoms with van der Waals surface area (Å²) < 4.78 is 27.6. The number of hydrogen-bond donors (Lipinski definition) is 0. The summed E-state index contributed by atoms with van der Waals surface area (Å²) in [7, 11) is -1.36. The number of thiophene rings is 1. The molecule has 0 unspecified atom stereocenters. The van der Waals surface area contributed by atoms with E-state index in [2.05, 4.69) is 147 Å². The summed E-state index contributed by atoms with van der Waals surface area (Å²) in [4.78, 5) is 9.43. The number of aromatic nitrogens is 3. The van der Waals surface area contributed by atoms with Crippen molar-refractivity contribution in [2.45, 2.75) is 45.8 Å². The number of fused-ring (bicyclic) bond motifs is 4. The molecule has 8 rings (SSSR count). The molecule has 0 aliphatic rings. The minimum atomic E-state index is -1.36. The van der Waals surface area contributed by atoms with Crippen LogP contribution in [0.1, 0.15) is 30.4 Å². The Hall–Kier alpha value is -4.19. The summed E-state index contributed by atoms with van der Waals surface area (Å²) in [6.07, 6.45) is 1.87. The molecule has 0 amide bonds. The molecule has 49 heavy (non-hydrogen) atoms. The number of para-hydroxylation sites is 2. The van der Waals surface area contributed by atoms with Crippen LogP contribution in [0.15, 0.2) is 127 Å². The van der Waals surface area contributed by atoms with Gasteiger partial charge in [0.2, 0.25) is 0 Å². The zero-order valence-electron chi connectivity index (χ0n) is 31.5. The van der Waals surface area contributed by atoms with E-state index in [4.69, 9.17) is 9.10 Å². The predicted molar refractivity (Wildman–Crippen MR) is 208 cm³/mol. The third kappa shape index (κ3) is 7.24. The van der Waals surface area contributed by atoms with E-state index in [-0.39, 0.29) is 43.6 Å². The fourth-order valence-corrected chi connectivity index (χ4v) is 7.95. The molecule has 6 heteroatoms. The standard InChI is InChI=1S/C29H23N2S.C14H16NSi.Ir/c1-29(2,3)20-13-15-21(16-14-20)31-25-10-6-5-9-24(25)30-28(31)19-12-17-23-22-8-4-7-11-26(22)32-27(23)18-19;1-16(2,3)13-9-10-14(15-11-13)12-7-5-4-6-8-12;/h4-11,13-18H,1-3H3;4-7,9-11H,1-3H3;/q2*-1;/i;4D,5D,6D;. The first-order valence-corrected chi connectivity index (χ1v) is 20.5. The second kappa shape index (κ2) is 14.0. The van der Waals surface area contributed by atoms with Gasteiger partial charge < -0.3 is 9.55 Å². The molecule has 0 aliphatic carbocycles.